The van der Waals surface area contributed by atoms with Crippen molar-refractivity contribution in [3.8, 4) is 0 Å². The summed E-state index contributed by atoms with van der Waals surface area (Å²) in [6.07, 6.45) is 0.278. The number of aliphatic hydroxyl groups is 1. The van der Waals surface area contributed by atoms with Crippen molar-refractivity contribution in [2.24, 2.45) is 7.05 Å². The summed E-state index contributed by atoms with van der Waals surface area (Å²) < 4.78 is 11.2. The van der Waals surface area contributed by atoms with E-state index in [2.05, 4.69) is 15.2 Å². The van der Waals surface area contributed by atoms with Crippen molar-refractivity contribution >= 4 is 11.7 Å². The van der Waals surface area contributed by atoms with E-state index in [0.29, 0.717) is 11.3 Å². The fourth-order valence-corrected chi connectivity index (χ4v) is 1.77. The molecule has 0 aliphatic carbocycles. The molecule has 1 aromatic heterocycles. The van der Waals surface area contributed by atoms with E-state index in [-0.39, 0.29) is 31.4 Å². The van der Waals surface area contributed by atoms with Crippen LogP contribution in [0.5, 0.6) is 0 Å². The summed E-state index contributed by atoms with van der Waals surface area (Å²) in [5.74, 6) is -0.699. The highest BCUT2D eigenvalue weighted by Crippen LogP contribution is 2.09. The summed E-state index contributed by atoms with van der Waals surface area (Å²) in [4.78, 5) is 23.0. The minimum atomic E-state index is -1.29. The molecule has 22 heavy (non-hydrogen) atoms. The molecule has 0 spiro atoms. The first kappa shape index (κ1) is 18.1. The fraction of sp³-hybridized carbons (Fsp3) is 0.643. The van der Waals surface area contributed by atoms with Crippen LogP contribution in [0.15, 0.2) is 11.0 Å². The lowest BCUT2D eigenvalue weighted by Crippen LogP contribution is -2.31. The third kappa shape index (κ3) is 5.12. The van der Waals surface area contributed by atoms with Gasteiger partial charge in [0.2, 0.25) is 0 Å². The van der Waals surface area contributed by atoms with Gasteiger partial charge in [0.1, 0.15) is 0 Å². The summed E-state index contributed by atoms with van der Waals surface area (Å²) in [5, 5.41) is 16.5. The molecule has 1 heterocycles. The van der Waals surface area contributed by atoms with Crippen molar-refractivity contribution in [3.05, 3.63) is 22.1 Å². The van der Waals surface area contributed by atoms with Crippen molar-refractivity contribution in [1.82, 2.24) is 9.78 Å². The van der Waals surface area contributed by atoms with Gasteiger partial charge in [0.25, 0.3) is 5.56 Å². The van der Waals surface area contributed by atoms with Gasteiger partial charge in [-0.3, -0.25) is 4.79 Å². The van der Waals surface area contributed by atoms with Gasteiger partial charge in [-0.25, -0.2) is 9.48 Å². The standard InChI is InChI=1S/C14H23N3O5/c1-5-22-14(20)12(18)8-21-7-9(2)16-11-6-15-17(4)13(19)10(11)3/h6,9,12,16,18H,5,7-8H2,1-4H3/t9-,12-/m0/s1. The number of carbonyl (C=O) groups excluding carboxylic acids is 1. The van der Waals surface area contributed by atoms with E-state index in [1.165, 1.54) is 4.68 Å². The molecule has 0 aliphatic heterocycles. The highest BCUT2D eigenvalue weighted by atomic mass is 16.6. The maximum atomic E-state index is 11.8. The smallest absolute Gasteiger partial charge is 0.337 e. The fourth-order valence-electron chi connectivity index (χ4n) is 1.77. The van der Waals surface area contributed by atoms with E-state index in [9.17, 15) is 14.7 Å². The number of anilines is 1. The van der Waals surface area contributed by atoms with Crippen LogP contribution in [-0.2, 0) is 21.3 Å². The Hall–Kier alpha value is -1.93. The number of hydrogen-bond acceptors (Lipinski definition) is 7. The Morgan fingerprint density at radius 3 is 2.82 bits per heavy atom. The van der Waals surface area contributed by atoms with Gasteiger partial charge in [-0.2, -0.15) is 5.10 Å². The zero-order valence-electron chi connectivity index (χ0n) is 13.3. The average molecular weight is 313 g/mol. The van der Waals surface area contributed by atoms with Gasteiger partial charge >= 0.3 is 5.97 Å². The predicted molar refractivity (Wildman–Crippen MR) is 80.8 cm³/mol. The Labute approximate surface area is 129 Å². The molecule has 0 aliphatic rings. The molecule has 1 aromatic rings. The lowest BCUT2D eigenvalue weighted by molar-refractivity contribution is -0.156. The van der Waals surface area contributed by atoms with E-state index < -0.39 is 12.1 Å². The topological polar surface area (TPSA) is 103 Å². The lowest BCUT2D eigenvalue weighted by atomic mass is 10.2. The quantitative estimate of drug-likeness (QED) is 0.642. The summed E-state index contributed by atoms with van der Waals surface area (Å²) in [6, 6.07) is -0.123. The molecule has 0 aromatic carbocycles. The molecule has 2 atom stereocenters. The van der Waals surface area contributed by atoms with Gasteiger partial charge < -0.3 is 19.9 Å². The Balaban J connectivity index is 2.44. The second-order valence-electron chi connectivity index (χ2n) is 4.96. The molecule has 0 amide bonds. The normalized spacial score (nSPS) is 13.5. The van der Waals surface area contributed by atoms with E-state index in [0.717, 1.165) is 0 Å². The molecule has 8 nitrogen and oxygen atoms in total. The number of aromatic nitrogens is 2. The van der Waals surface area contributed by atoms with Crippen molar-refractivity contribution in [1.29, 1.82) is 0 Å². The minimum Gasteiger partial charge on any atom is -0.464 e. The van der Waals surface area contributed by atoms with Crippen LogP contribution in [0.4, 0.5) is 5.69 Å². The zero-order chi connectivity index (χ0) is 16.7. The Morgan fingerprint density at radius 2 is 2.18 bits per heavy atom. The molecule has 0 radical (unpaired) electrons. The van der Waals surface area contributed by atoms with Gasteiger partial charge in [0.05, 0.1) is 31.7 Å². The maximum absolute atomic E-state index is 11.8. The third-order valence-corrected chi connectivity index (χ3v) is 2.98. The maximum Gasteiger partial charge on any atom is 0.337 e. The number of ether oxygens (including phenoxy) is 2. The van der Waals surface area contributed by atoms with E-state index in [1.54, 1.807) is 27.1 Å². The van der Waals surface area contributed by atoms with Gasteiger partial charge in [-0.1, -0.05) is 0 Å². The Bertz CT molecular complexity index is 558. The molecule has 0 saturated heterocycles. The summed E-state index contributed by atoms with van der Waals surface area (Å²) in [5.41, 5.74) is 1.02. The van der Waals surface area contributed by atoms with Crippen LogP contribution in [0.1, 0.15) is 19.4 Å². The number of esters is 1. The monoisotopic (exact) mass is 313 g/mol. The first-order valence-electron chi connectivity index (χ1n) is 7.08. The summed E-state index contributed by atoms with van der Waals surface area (Å²) in [7, 11) is 1.59. The van der Waals surface area contributed by atoms with Gasteiger partial charge in [-0.15, -0.1) is 0 Å². The predicted octanol–water partition coefficient (Wildman–Crippen LogP) is -0.170. The summed E-state index contributed by atoms with van der Waals surface area (Å²) >= 11 is 0. The number of rotatable bonds is 8. The van der Waals surface area contributed by atoms with E-state index in [4.69, 9.17) is 4.74 Å². The van der Waals surface area contributed by atoms with Crippen LogP contribution in [-0.4, -0.2) is 52.8 Å². The van der Waals surface area contributed by atoms with Crippen molar-refractivity contribution in [3.63, 3.8) is 0 Å². The molecular formula is C14H23N3O5. The Morgan fingerprint density at radius 1 is 1.50 bits per heavy atom. The third-order valence-electron chi connectivity index (χ3n) is 2.98. The highest BCUT2D eigenvalue weighted by Gasteiger charge is 2.17. The Kier molecular flexibility index (Phi) is 7.00. The average Bonchev–Trinajstić information content (AvgIpc) is 2.48. The van der Waals surface area contributed by atoms with Crippen LogP contribution >= 0.6 is 0 Å². The van der Waals surface area contributed by atoms with Crippen molar-refractivity contribution in [2.75, 3.05) is 25.1 Å². The molecule has 0 unspecified atom stereocenters. The van der Waals surface area contributed by atoms with Crippen molar-refractivity contribution < 1.29 is 19.4 Å². The van der Waals surface area contributed by atoms with Crippen molar-refractivity contribution in [2.45, 2.75) is 32.9 Å². The highest BCUT2D eigenvalue weighted by molar-refractivity contribution is 5.74. The molecule has 0 bridgehead atoms. The second kappa shape index (κ2) is 8.50. The number of nitrogens with zero attached hydrogens (tertiary/aromatic N) is 2. The molecule has 0 fully saturated rings. The minimum absolute atomic E-state index is 0.123. The first-order valence-corrected chi connectivity index (χ1v) is 7.08. The van der Waals surface area contributed by atoms with Gasteiger partial charge in [0.15, 0.2) is 6.10 Å². The largest absolute Gasteiger partial charge is 0.464 e. The zero-order valence-corrected chi connectivity index (χ0v) is 13.3. The number of aliphatic hydroxyl groups excluding tert-OH is 1. The number of nitrogens with one attached hydrogen (secondary N) is 1. The molecular weight excluding hydrogens is 290 g/mol. The van der Waals surface area contributed by atoms with Crippen LogP contribution in [0.25, 0.3) is 0 Å². The van der Waals surface area contributed by atoms with Gasteiger partial charge in [-0.05, 0) is 20.8 Å². The molecule has 0 saturated carbocycles. The van der Waals surface area contributed by atoms with Crippen LogP contribution in [0.2, 0.25) is 0 Å². The molecule has 124 valence electrons. The summed E-state index contributed by atoms with van der Waals surface area (Å²) in [6.45, 7) is 5.56. The molecule has 1 rings (SSSR count). The number of aryl methyl sites for hydroxylation is 1. The molecule has 8 heteroatoms. The SMILES string of the molecule is CCOC(=O)[C@@H](O)COC[C@H](C)Nc1cnn(C)c(=O)c1C. The van der Waals surface area contributed by atoms with Crippen LogP contribution in [0.3, 0.4) is 0 Å². The molecule has 2 N–H and O–H groups in total. The van der Waals surface area contributed by atoms with Crippen LogP contribution in [0, 0.1) is 6.92 Å². The van der Waals surface area contributed by atoms with Crippen LogP contribution < -0.4 is 10.9 Å². The van der Waals surface area contributed by atoms with Gasteiger partial charge in [0, 0.05) is 18.7 Å². The number of carbonyl (C=O) groups is 1. The first-order chi connectivity index (χ1) is 10.4. The second-order valence-corrected chi connectivity index (χ2v) is 4.96. The lowest BCUT2D eigenvalue weighted by Gasteiger charge is -2.17. The van der Waals surface area contributed by atoms with E-state index >= 15 is 0 Å². The number of hydrogen-bond donors (Lipinski definition) is 2. The van der Waals surface area contributed by atoms with E-state index in [1.807, 2.05) is 6.92 Å².